The molecule has 1 amide bonds. The van der Waals surface area contributed by atoms with Crippen molar-refractivity contribution in [3.05, 3.63) is 94.3 Å². The predicted octanol–water partition coefficient (Wildman–Crippen LogP) is 5.85. The number of benzene rings is 3. The first kappa shape index (κ1) is 23.0. The quantitative estimate of drug-likeness (QED) is 0.362. The molecular formula is C24H20ClN3O3S2. The molecule has 1 aromatic heterocycles. The van der Waals surface area contributed by atoms with Gasteiger partial charge in [-0.25, -0.2) is 13.4 Å². The Hall–Kier alpha value is -3.20. The zero-order valence-electron chi connectivity index (χ0n) is 17.8. The minimum absolute atomic E-state index is 0.0223. The smallest absolute Gasteiger partial charge is 0.264 e. The summed E-state index contributed by atoms with van der Waals surface area (Å²) in [5, 5.41) is 5.49. The summed E-state index contributed by atoms with van der Waals surface area (Å²) in [7, 11) is -2.36. The number of hydrogen-bond donors (Lipinski definition) is 1. The molecule has 3 aromatic carbocycles. The number of amides is 1. The Bertz CT molecular complexity index is 1420. The fraction of sp³-hybridized carbons (Fsp3) is 0.0833. The third-order valence-corrected chi connectivity index (χ3v) is 7.90. The summed E-state index contributed by atoms with van der Waals surface area (Å²) in [4.78, 5) is 17.3. The van der Waals surface area contributed by atoms with E-state index in [1.165, 1.54) is 34.8 Å². The molecule has 6 nitrogen and oxygen atoms in total. The summed E-state index contributed by atoms with van der Waals surface area (Å²) in [6.45, 7) is 1.93. The van der Waals surface area contributed by atoms with Crippen LogP contribution in [-0.2, 0) is 10.0 Å². The van der Waals surface area contributed by atoms with Gasteiger partial charge in [-0.05, 0) is 43.3 Å². The van der Waals surface area contributed by atoms with E-state index >= 15 is 0 Å². The lowest BCUT2D eigenvalue weighted by atomic mass is 10.2. The maximum Gasteiger partial charge on any atom is 0.264 e. The van der Waals surface area contributed by atoms with Crippen LogP contribution in [0.1, 0.15) is 15.9 Å². The van der Waals surface area contributed by atoms with Crippen LogP contribution in [0.3, 0.4) is 0 Å². The monoisotopic (exact) mass is 497 g/mol. The van der Waals surface area contributed by atoms with E-state index in [4.69, 9.17) is 11.6 Å². The Morgan fingerprint density at radius 1 is 1.03 bits per heavy atom. The Morgan fingerprint density at radius 2 is 1.76 bits per heavy atom. The number of aromatic nitrogens is 1. The molecule has 168 valence electrons. The molecule has 0 aliphatic rings. The minimum atomic E-state index is -3.84. The SMILES string of the molecule is Cc1ccc(N(C)S(=O)(=O)c2cccc(C(=O)Nc3nc(-c4ccccc4Cl)cs3)c2)cc1. The van der Waals surface area contributed by atoms with E-state index < -0.39 is 15.9 Å². The lowest BCUT2D eigenvalue weighted by molar-refractivity contribution is 0.102. The van der Waals surface area contributed by atoms with Crippen LogP contribution in [0.5, 0.6) is 0 Å². The van der Waals surface area contributed by atoms with Crippen molar-refractivity contribution in [3.63, 3.8) is 0 Å². The van der Waals surface area contributed by atoms with Gasteiger partial charge in [0.2, 0.25) is 0 Å². The average Bonchev–Trinajstić information content (AvgIpc) is 3.27. The summed E-state index contributed by atoms with van der Waals surface area (Å²) in [6, 6.07) is 20.4. The average molecular weight is 498 g/mol. The van der Waals surface area contributed by atoms with E-state index in [0.717, 1.165) is 11.1 Å². The van der Waals surface area contributed by atoms with Gasteiger partial charge < -0.3 is 0 Å². The van der Waals surface area contributed by atoms with Gasteiger partial charge in [0.1, 0.15) is 0 Å². The maximum absolute atomic E-state index is 13.1. The van der Waals surface area contributed by atoms with Gasteiger partial charge in [0, 0.05) is 28.6 Å². The number of nitrogens with one attached hydrogen (secondary N) is 1. The van der Waals surface area contributed by atoms with Crippen molar-refractivity contribution in [1.82, 2.24) is 4.98 Å². The molecular weight excluding hydrogens is 478 g/mol. The number of sulfonamides is 1. The largest absolute Gasteiger partial charge is 0.298 e. The number of anilines is 2. The van der Waals surface area contributed by atoms with E-state index in [0.29, 0.717) is 21.5 Å². The van der Waals surface area contributed by atoms with E-state index in [1.54, 1.807) is 35.7 Å². The van der Waals surface area contributed by atoms with Crippen LogP contribution in [0.15, 0.2) is 83.1 Å². The second kappa shape index (κ2) is 9.35. The molecule has 33 heavy (non-hydrogen) atoms. The number of hydrogen-bond acceptors (Lipinski definition) is 5. The van der Waals surface area contributed by atoms with E-state index in [1.807, 2.05) is 37.3 Å². The molecule has 0 atom stereocenters. The molecule has 9 heteroatoms. The molecule has 4 rings (SSSR count). The van der Waals surface area contributed by atoms with Gasteiger partial charge in [-0.3, -0.25) is 14.4 Å². The molecule has 4 aromatic rings. The number of thiazole rings is 1. The highest BCUT2D eigenvalue weighted by molar-refractivity contribution is 7.92. The number of carbonyl (C=O) groups excluding carboxylic acids is 1. The first-order valence-electron chi connectivity index (χ1n) is 9.93. The second-order valence-electron chi connectivity index (χ2n) is 7.31. The van der Waals surface area contributed by atoms with Crippen LogP contribution in [-0.4, -0.2) is 26.4 Å². The molecule has 0 saturated heterocycles. The van der Waals surface area contributed by atoms with Crippen LogP contribution >= 0.6 is 22.9 Å². The Morgan fingerprint density at radius 3 is 2.48 bits per heavy atom. The summed E-state index contributed by atoms with van der Waals surface area (Å²) in [6.07, 6.45) is 0. The van der Waals surface area contributed by atoms with Crippen molar-refractivity contribution in [3.8, 4) is 11.3 Å². The summed E-state index contributed by atoms with van der Waals surface area (Å²) < 4.78 is 27.4. The lowest BCUT2D eigenvalue weighted by Crippen LogP contribution is -2.26. The standard InChI is InChI=1S/C24H20ClN3O3S2/c1-16-10-12-18(13-11-16)28(2)33(30,31)19-7-5-6-17(14-19)23(29)27-24-26-22(15-32-24)20-8-3-4-9-21(20)25/h3-15H,1-2H3,(H,26,27,29). The van der Waals surface area contributed by atoms with Crippen molar-refractivity contribution in [2.75, 3.05) is 16.7 Å². The Balaban J connectivity index is 1.55. The Labute approximate surface area is 201 Å². The fourth-order valence-corrected chi connectivity index (χ4v) is 5.32. The van der Waals surface area contributed by atoms with Gasteiger partial charge in [0.25, 0.3) is 15.9 Å². The highest BCUT2D eigenvalue weighted by atomic mass is 35.5. The highest BCUT2D eigenvalue weighted by Gasteiger charge is 2.22. The summed E-state index contributed by atoms with van der Waals surface area (Å²) in [5.41, 5.74) is 3.19. The van der Waals surface area contributed by atoms with Crippen LogP contribution < -0.4 is 9.62 Å². The topological polar surface area (TPSA) is 79.4 Å². The van der Waals surface area contributed by atoms with Crippen molar-refractivity contribution in [1.29, 1.82) is 0 Å². The van der Waals surface area contributed by atoms with Crippen molar-refractivity contribution < 1.29 is 13.2 Å². The molecule has 0 saturated carbocycles. The van der Waals surface area contributed by atoms with Gasteiger partial charge in [-0.15, -0.1) is 11.3 Å². The molecule has 0 bridgehead atoms. The van der Waals surface area contributed by atoms with E-state index in [2.05, 4.69) is 10.3 Å². The van der Waals surface area contributed by atoms with Crippen LogP contribution in [0.25, 0.3) is 11.3 Å². The van der Waals surface area contributed by atoms with Crippen LogP contribution in [0, 0.1) is 6.92 Å². The number of nitrogens with zero attached hydrogens (tertiary/aromatic N) is 2. The van der Waals surface area contributed by atoms with Crippen molar-refractivity contribution in [2.24, 2.45) is 0 Å². The number of aryl methyl sites for hydroxylation is 1. The normalized spacial score (nSPS) is 11.2. The molecule has 1 N–H and O–H groups in total. The Kier molecular flexibility index (Phi) is 6.51. The fourth-order valence-electron chi connectivity index (χ4n) is 3.14. The molecule has 0 aliphatic carbocycles. The lowest BCUT2D eigenvalue weighted by Gasteiger charge is -2.20. The molecule has 1 heterocycles. The van der Waals surface area contributed by atoms with E-state index in [9.17, 15) is 13.2 Å². The van der Waals surface area contributed by atoms with Gasteiger partial charge in [-0.2, -0.15) is 0 Å². The van der Waals surface area contributed by atoms with Crippen molar-refractivity contribution in [2.45, 2.75) is 11.8 Å². The predicted molar refractivity (Wildman–Crippen MR) is 134 cm³/mol. The van der Waals surface area contributed by atoms with Gasteiger partial charge in [0.05, 0.1) is 16.3 Å². The third-order valence-electron chi connectivity index (χ3n) is 5.03. The first-order chi connectivity index (χ1) is 15.8. The van der Waals surface area contributed by atoms with Gasteiger partial charge >= 0.3 is 0 Å². The second-order valence-corrected chi connectivity index (χ2v) is 10.5. The summed E-state index contributed by atoms with van der Waals surface area (Å²) in [5.74, 6) is -0.454. The van der Waals surface area contributed by atoms with Crippen molar-refractivity contribution >= 4 is 49.7 Å². The summed E-state index contributed by atoms with van der Waals surface area (Å²) >= 11 is 7.48. The zero-order valence-corrected chi connectivity index (χ0v) is 20.2. The molecule has 0 radical (unpaired) electrons. The third kappa shape index (κ3) is 4.93. The number of rotatable bonds is 6. The van der Waals surface area contributed by atoms with Gasteiger partial charge in [0.15, 0.2) is 5.13 Å². The molecule has 0 aliphatic heterocycles. The van der Waals surface area contributed by atoms with Crippen LogP contribution in [0.4, 0.5) is 10.8 Å². The zero-order chi connectivity index (χ0) is 23.6. The highest BCUT2D eigenvalue weighted by Crippen LogP contribution is 2.30. The molecule has 0 unspecified atom stereocenters. The molecule has 0 fully saturated rings. The number of halogens is 1. The molecule has 0 spiro atoms. The minimum Gasteiger partial charge on any atom is -0.298 e. The first-order valence-corrected chi connectivity index (χ1v) is 12.6. The number of carbonyl (C=O) groups is 1. The van der Waals surface area contributed by atoms with Gasteiger partial charge in [-0.1, -0.05) is 53.6 Å². The maximum atomic E-state index is 13.1. The van der Waals surface area contributed by atoms with E-state index in [-0.39, 0.29) is 10.5 Å². The van der Waals surface area contributed by atoms with Crippen LogP contribution in [0.2, 0.25) is 5.02 Å².